The molecule has 0 amide bonds. The molecule has 0 heterocycles. The summed E-state index contributed by atoms with van der Waals surface area (Å²) in [4.78, 5) is 11.7. The predicted molar refractivity (Wildman–Crippen MR) is 78.9 cm³/mol. The SMILES string of the molecule is CC(C)=CCC[C@@](C)(O)[C@H](C)COC(=O)C(C)(C)C. The van der Waals surface area contributed by atoms with Crippen LogP contribution in [0.3, 0.4) is 0 Å². The molecule has 112 valence electrons. The Morgan fingerprint density at radius 2 is 1.79 bits per heavy atom. The Labute approximate surface area is 118 Å². The molecule has 0 saturated carbocycles. The van der Waals surface area contributed by atoms with Gasteiger partial charge in [-0.05, 0) is 54.4 Å². The zero-order valence-corrected chi connectivity index (χ0v) is 13.5. The van der Waals surface area contributed by atoms with E-state index >= 15 is 0 Å². The van der Waals surface area contributed by atoms with Gasteiger partial charge in [0.05, 0.1) is 17.6 Å². The molecule has 0 fully saturated rings. The predicted octanol–water partition coefficient (Wildman–Crippen LogP) is 3.71. The topological polar surface area (TPSA) is 46.5 Å². The van der Waals surface area contributed by atoms with Crippen molar-refractivity contribution in [3.05, 3.63) is 11.6 Å². The summed E-state index contributed by atoms with van der Waals surface area (Å²) in [5.41, 5.74) is -0.0554. The highest BCUT2D eigenvalue weighted by atomic mass is 16.5. The van der Waals surface area contributed by atoms with E-state index in [9.17, 15) is 9.90 Å². The van der Waals surface area contributed by atoms with Crippen LogP contribution in [0.2, 0.25) is 0 Å². The second-order valence-electron chi connectivity index (χ2n) is 6.93. The maximum Gasteiger partial charge on any atom is 0.311 e. The minimum atomic E-state index is -0.815. The summed E-state index contributed by atoms with van der Waals surface area (Å²) in [7, 11) is 0. The number of hydrogen-bond acceptors (Lipinski definition) is 3. The molecule has 0 aromatic rings. The zero-order chi connectivity index (χ0) is 15.3. The van der Waals surface area contributed by atoms with Gasteiger partial charge in [0, 0.05) is 5.92 Å². The molecule has 0 rings (SSSR count). The molecular weight excluding hydrogens is 240 g/mol. The summed E-state index contributed by atoms with van der Waals surface area (Å²) >= 11 is 0. The second kappa shape index (κ2) is 7.09. The van der Waals surface area contributed by atoms with Gasteiger partial charge in [-0.25, -0.2) is 0 Å². The molecule has 0 aliphatic rings. The van der Waals surface area contributed by atoms with E-state index in [1.807, 2.05) is 41.5 Å². The normalized spacial score (nSPS) is 16.4. The lowest BCUT2D eigenvalue weighted by molar-refractivity contribution is -0.157. The van der Waals surface area contributed by atoms with Crippen molar-refractivity contribution in [1.29, 1.82) is 0 Å². The smallest absolute Gasteiger partial charge is 0.311 e. The van der Waals surface area contributed by atoms with Gasteiger partial charge in [-0.2, -0.15) is 0 Å². The summed E-state index contributed by atoms with van der Waals surface area (Å²) in [6.45, 7) is 13.6. The Morgan fingerprint density at radius 1 is 1.26 bits per heavy atom. The first-order valence-electron chi connectivity index (χ1n) is 7.00. The number of aliphatic hydroxyl groups is 1. The average Bonchev–Trinajstić information content (AvgIpc) is 2.22. The van der Waals surface area contributed by atoms with E-state index in [1.54, 1.807) is 6.92 Å². The maximum absolute atomic E-state index is 11.7. The lowest BCUT2D eigenvalue weighted by Gasteiger charge is -2.30. The summed E-state index contributed by atoms with van der Waals surface area (Å²) < 4.78 is 5.27. The van der Waals surface area contributed by atoms with Gasteiger partial charge < -0.3 is 9.84 Å². The Morgan fingerprint density at radius 3 is 2.21 bits per heavy atom. The third-order valence-electron chi connectivity index (χ3n) is 3.34. The maximum atomic E-state index is 11.7. The van der Waals surface area contributed by atoms with E-state index < -0.39 is 11.0 Å². The first-order valence-corrected chi connectivity index (χ1v) is 7.00. The fourth-order valence-electron chi connectivity index (χ4n) is 1.50. The highest BCUT2D eigenvalue weighted by molar-refractivity contribution is 5.75. The van der Waals surface area contributed by atoms with Crippen molar-refractivity contribution in [2.45, 2.75) is 66.9 Å². The molecule has 1 N–H and O–H groups in total. The van der Waals surface area contributed by atoms with Gasteiger partial charge in [0.2, 0.25) is 0 Å². The van der Waals surface area contributed by atoms with Crippen molar-refractivity contribution in [3.8, 4) is 0 Å². The van der Waals surface area contributed by atoms with Crippen molar-refractivity contribution < 1.29 is 14.6 Å². The van der Waals surface area contributed by atoms with E-state index in [0.717, 1.165) is 6.42 Å². The molecular formula is C16H30O3. The quantitative estimate of drug-likeness (QED) is 0.591. The van der Waals surface area contributed by atoms with Crippen LogP contribution in [-0.4, -0.2) is 23.3 Å². The van der Waals surface area contributed by atoms with Gasteiger partial charge in [0.1, 0.15) is 0 Å². The molecule has 0 spiro atoms. The summed E-state index contributed by atoms with van der Waals surface area (Å²) in [6.07, 6.45) is 3.63. The van der Waals surface area contributed by atoms with Gasteiger partial charge in [-0.3, -0.25) is 4.79 Å². The molecule has 3 heteroatoms. The molecule has 3 nitrogen and oxygen atoms in total. The number of rotatable bonds is 6. The van der Waals surface area contributed by atoms with Gasteiger partial charge in [-0.1, -0.05) is 18.6 Å². The van der Waals surface area contributed by atoms with Crippen molar-refractivity contribution in [2.75, 3.05) is 6.61 Å². The molecule has 2 atom stereocenters. The number of ether oxygens (including phenoxy) is 1. The Bertz CT molecular complexity index is 317. The number of carbonyl (C=O) groups excluding carboxylic acids is 1. The molecule has 19 heavy (non-hydrogen) atoms. The van der Waals surface area contributed by atoms with Gasteiger partial charge in [-0.15, -0.1) is 0 Å². The van der Waals surface area contributed by atoms with Crippen molar-refractivity contribution in [2.24, 2.45) is 11.3 Å². The van der Waals surface area contributed by atoms with Crippen LogP contribution in [0.4, 0.5) is 0 Å². The molecule has 0 aromatic heterocycles. The first kappa shape index (κ1) is 18.2. The lowest BCUT2D eigenvalue weighted by Crippen LogP contribution is -2.37. The molecule has 0 aromatic carbocycles. The Hall–Kier alpha value is -0.830. The monoisotopic (exact) mass is 270 g/mol. The van der Waals surface area contributed by atoms with E-state index in [4.69, 9.17) is 4.74 Å². The fourth-order valence-corrected chi connectivity index (χ4v) is 1.50. The van der Waals surface area contributed by atoms with Crippen LogP contribution in [0.1, 0.15) is 61.3 Å². The van der Waals surface area contributed by atoms with Gasteiger partial charge in [0.25, 0.3) is 0 Å². The van der Waals surface area contributed by atoms with Crippen LogP contribution < -0.4 is 0 Å². The number of esters is 1. The summed E-state index contributed by atoms with van der Waals surface area (Å²) in [5, 5.41) is 10.4. The van der Waals surface area contributed by atoms with E-state index in [-0.39, 0.29) is 18.5 Å². The van der Waals surface area contributed by atoms with Crippen LogP contribution in [-0.2, 0) is 9.53 Å². The van der Waals surface area contributed by atoms with E-state index in [1.165, 1.54) is 5.57 Å². The zero-order valence-electron chi connectivity index (χ0n) is 13.5. The fraction of sp³-hybridized carbons (Fsp3) is 0.812. The standard InChI is InChI=1S/C16H30O3/c1-12(2)9-8-10-16(7,18)13(3)11-19-14(17)15(4,5)6/h9,13,18H,8,10-11H2,1-7H3/t13-,16-/m1/s1. The average molecular weight is 270 g/mol. The van der Waals surface area contributed by atoms with Crippen LogP contribution in [0, 0.1) is 11.3 Å². The van der Waals surface area contributed by atoms with Crippen molar-refractivity contribution in [3.63, 3.8) is 0 Å². The highest BCUT2D eigenvalue weighted by Gasteiger charge is 2.30. The largest absolute Gasteiger partial charge is 0.465 e. The van der Waals surface area contributed by atoms with Crippen LogP contribution >= 0.6 is 0 Å². The van der Waals surface area contributed by atoms with Crippen LogP contribution in [0.15, 0.2) is 11.6 Å². The van der Waals surface area contributed by atoms with Crippen LogP contribution in [0.5, 0.6) is 0 Å². The number of carbonyl (C=O) groups is 1. The highest BCUT2D eigenvalue weighted by Crippen LogP contribution is 2.24. The number of allylic oxidation sites excluding steroid dienone is 2. The molecule has 0 unspecified atom stereocenters. The van der Waals surface area contributed by atoms with Crippen molar-refractivity contribution >= 4 is 5.97 Å². The molecule has 0 aliphatic carbocycles. The number of hydrogen-bond donors (Lipinski definition) is 1. The third kappa shape index (κ3) is 7.36. The van der Waals surface area contributed by atoms with Crippen LogP contribution in [0.25, 0.3) is 0 Å². The lowest BCUT2D eigenvalue weighted by atomic mass is 9.86. The summed E-state index contributed by atoms with van der Waals surface area (Å²) in [6, 6.07) is 0. The molecule has 0 aliphatic heterocycles. The van der Waals surface area contributed by atoms with E-state index in [0.29, 0.717) is 6.42 Å². The second-order valence-corrected chi connectivity index (χ2v) is 6.93. The minimum absolute atomic E-state index is 0.0793. The Balaban J connectivity index is 4.28. The Kier molecular flexibility index (Phi) is 6.78. The first-order chi connectivity index (χ1) is 8.47. The van der Waals surface area contributed by atoms with E-state index in [2.05, 4.69) is 6.08 Å². The summed E-state index contributed by atoms with van der Waals surface area (Å²) in [5.74, 6) is -0.302. The molecule has 0 saturated heterocycles. The van der Waals surface area contributed by atoms with Gasteiger partial charge in [0.15, 0.2) is 0 Å². The molecule has 0 radical (unpaired) electrons. The van der Waals surface area contributed by atoms with Crippen molar-refractivity contribution in [1.82, 2.24) is 0 Å². The third-order valence-corrected chi connectivity index (χ3v) is 3.34. The van der Waals surface area contributed by atoms with Gasteiger partial charge >= 0.3 is 5.97 Å². The molecule has 0 bridgehead atoms. The minimum Gasteiger partial charge on any atom is -0.465 e.